The lowest BCUT2D eigenvalue weighted by Gasteiger charge is -2.30. The van der Waals surface area contributed by atoms with Crippen LogP contribution in [0.25, 0.3) is 0 Å². The molecule has 0 saturated heterocycles. The van der Waals surface area contributed by atoms with Crippen LogP contribution in [0.2, 0.25) is 0 Å². The SMILES string of the molecule is CC1(C)C(C=CC=CC=C2N(CCCCS(=O)(=O)O)c3c(F)c(F)c(F)c(F)c3C2(C)CCCCS(=O)(=O)O)=[N+](CCCCCC(=O)On2c(O)ccc2O)c2cc(F)cc(F)c21. The smallest absolute Gasteiger partial charge is 0.333 e. The van der Waals surface area contributed by atoms with E-state index >= 15 is 13.2 Å². The van der Waals surface area contributed by atoms with Crippen LogP contribution in [-0.4, -0.2) is 81.7 Å². The quantitative estimate of drug-likeness (QED) is 0.0165. The molecule has 344 valence electrons. The fraction of sp³-hybridized carbons (Fsp3) is 0.429. The third kappa shape index (κ3) is 11.0. The zero-order chi connectivity index (χ0) is 46.7. The summed E-state index contributed by atoms with van der Waals surface area (Å²) >= 11 is 0. The van der Waals surface area contributed by atoms with Crippen LogP contribution >= 0.6 is 0 Å². The Morgan fingerprint density at radius 3 is 2.02 bits per heavy atom. The molecule has 0 bridgehead atoms. The summed E-state index contributed by atoms with van der Waals surface area (Å²) < 4.78 is 158. The van der Waals surface area contributed by atoms with Crippen LogP contribution in [0.3, 0.4) is 0 Å². The molecule has 1 aromatic heterocycles. The Morgan fingerprint density at radius 2 is 1.38 bits per heavy atom. The van der Waals surface area contributed by atoms with Crippen LogP contribution in [0, 0.1) is 34.9 Å². The number of nitrogens with zero attached hydrogens (tertiary/aromatic N) is 3. The average Bonchev–Trinajstić information content (AvgIpc) is 3.71. The summed E-state index contributed by atoms with van der Waals surface area (Å²) in [6, 6.07) is 4.26. The van der Waals surface area contributed by atoms with Crippen molar-refractivity contribution in [2.75, 3.05) is 29.5 Å². The summed E-state index contributed by atoms with van der Waals surface area (Å²) in [7, 11) is -8.79. The summed E-state index contributed by atoms with van der Waals surface area (Å²) in [5.74, 6) is -12.1. The number of hydrogen-bond acceptors (Lipinski definition) is 9. The molecule has 0 radical (unpaired) electrons. The van der Waals surface area contributed by atoms with E-state index in [2.05, 4.69) is 0 Å². The zero-order valence-electron chi connectivity index (χ0n) is 34.6. The van der Waals surface area contributed by atoms with Gasteiger partial charge in [-0.15, -0.1) is 4.73 Å². The van der Waals surface area contributed by atoms with Crippen molar-refractivity contribution < 1.29 is 76.7 Å². The molecule has 0 fully saturated rings. The third-order valence-electron chi connectivity index (χ3n) is 11.1. The van der Waals surface area contributed by atoms with Crippen molar-refractivity contribution in [1.29, 1.82) is 0 Å². The molecular weight excluding hydrogens is 885 g/mol. The Balaban J connectivity index is 1.46. The lowest BCUT2D eigenvalue weighted by Crippen LogP contribution is -2.30. The number of benzene rings is 2. The van der Waals surface area contributed by atoms with E-state index in [0.29, 0.717) is 29.7 Å². The van der Waals surface area contributed by atoms with Gasteiger partial charge in [0.2, 0.25) is 17.4 Å². The molecule has 63 heavy (non-hydrogen) atoms. The maximum Gasteiger partial charge on any atom is 0.333 e. The molecule has 0 spiro atoms. The largest absolute Gasteiger partial charge is 0.492 e. The van der Waals surface area contributed by atoms with Crippen LogP contribution in [-0.2, 0) is 35.9 Å². The van der Waals surface area contributed by atoms with E-state index in [0.717, 1.165) is 18.2 Å². The van der Waals surface area contributed by atoms with Gasteiger partial charge in [0.25, 0.3) is 20.2 Å². The maximum absolute atomic E-state index is 15.8. The van der Waals surface area contributed by atoms with Gasteiger partial charge in [0.1, 0.15) is 18.2 Å². The summed E-state index contributed by atoms with van der Waals surface area (Å²) in [4.78, 5) is 18.5. The van der Waals surface area contributed by atoms with Gasteiger partial charge in [-0.05, 0) is 65.4 Å². The third-order valence-corrected chi connectivity index (χ3v) is 12.8. The number of halogens is 6. The molecular formula is C42H48F6N3O10S2+. The Kier molecular flexibility index (Phi) is 15.0. The van der Waals surface area contributed by atoms with Gasteiger partial charge in [-0.1, -0.05) is 24.6 Å². The monoisotopic (exact) mass is 932 g/mol. The number of allylic oxidation sites excluding steroid dienone is 6. The molecule has 0 saturated carbocycles. The van der Waals surface area contributed by atoms with Crippen molar-refractivity contribution in [3.05, 3.63) is 106 Å². The summed E-state index contributed by atoms with van der Waals surface area (Å²) in [6.07, 6.45) is 8.27. The second-order valence-corrected chi connectivity index (χ2v) is 19.2. The van der Waals surface area contributed by atoms with E-state index in [9.17, 15) is 54.1 Å². The van der Waals surface area contributed by atoms with Gasteiger partial charge in [-0.25, -0.2) is 31.1 Å². The van der Waals surface area contributed by atoms with E-state index in [-0.39, 0.29) is 68.6 Å². The number of aromatic nitrogens is 1. The van der Waals surface area contributed by atoms with E-state index in [4.69, 9.17) is 4.84 Å². The Morgan fingerprint density at radius 1 is 0.762 bits per heavy atom. The molecule has 4 N–H and O–H groups in total. The van der Waals surface area contributed by atoms with Crippen molar-refractivity contribution in [3.8, 4) is 11.8 Å². The molecule has 0 amide bonds. The lowest BCUT2D eigenvalue weighted by atomic mass is 9.76. The molecule has 3 aromatic rings. The van der Waals surface area contributed by atoms with Crippen LogP contribution in [0.5, 0.6) is 11.8 Å². The molecule has 2 aliphatic heterocycles. The fourth-order valence-corrected chi connectivity index (χ4v) is 9.38. The Hall–Kier alpha value is -5.12. The predicted octanol–water partition coefficient (Wildman–Crippen LogP) is 7.83. The maximum atomic E-state index is 15.8. The Labute approximate surface area is 360 Å². The van der Waals surface area contributed by atoms with Gasteiger partial charge in [-0.2, -0.15) is 21.4 Å². The Bertz CT molecular complexity index is 2590. The molecule has 3 heterocycles. The highest BCUT2D eigenvalue weighted by atomic mass is 32.2. The highest BCUT2D eigenvalue weighted by molar-refractivity contribution is 7.86. The van der Waals surface area contributed by atoms with Crippen LogP contribution in [0.4, 0.5) is 37.7 Å². The van der Waals surface area contributed by atoms with Crippen LogP contribution in [0.15, 0.2) is 60.3 Å². The molecule has 2 aromatic carbocycles. The number of aromatic hydroxyl groups is 2. The zero-order valence-corrected chi connectivity index (χ0v) is 36.2. The minimum absolute atomic E-state index is 0.0126. The highest BCUT2D eigenvalue weighted by Gasteiger charge is 2.49. The molecule has 5 rings (SSSR count). The topological polar surface area (TPSA) is 187 Å². The molecule has 2 aliphatic rings. The summed E-state index contributed by atoms with van der Waals surface area (Å²) in [6.45, 7) is 4.91. The van der Waals surface area contributed by atoms with Gasteiger partial charge < -0.3 is 20.0 Å². The first-order valence-electron chi connectivity index (χ1n) is 19.9. The van der Waals surface area contributed by atoms with E-state index in [1.54, 1.807) is 30.6 Å². The van der Waals surface area contributed by atoms with Crippen molar-refractivity contribution in [1.82, 2.24) is 4.73 Å². The number of carbonyl (C=O) groups is 1. The number of unbranched alkanes of at least 4 members (excludes halogenated alkanes) is 4. The van der Waals surface area contributed by atoms with Crippen molar-refractivity contribution >= 4 is 43.3 Å². The minimum atomic E-state index is -4.40. The number of fused-ring (bicyclic) bond motifs is 2. The van der Waals surface area contributed by atoms with Gasteiger partial charge in [-0.3, -0.25) is 9.11 Å². The lowest BCUT2D eigenvalue weighted by molar-refractivity contribution is -0.438. The van der Waals surface area contributed by atoms with Crippen molar-refractivity contribution in [2.24, 2.45) is 0 Å². The highest BCUT2D eigenvalue weighted by Crippen LogP contribution is 2.54. The normalized spacial score (nSPS) is 18.1. The molecule has 1 unspecified atom stereocenters. The number of hydrogen-bond donors (Lipinski definition) is 4. The summed E-state index contributed by atoms with van der Waals surface area (Å²) in [5.41, 5.74) is -2.67. The van der Waals surface area contributed by atoms with Crippen molar-refractivity contribution in [2.45, 2.75) is 89.4 Å². The van der Waals surface area contributed by atoms with Gasteiger partial charge in [0.15, 0.2) is 29.0 Å². The molecule has 13 nitrogen and oxygen atoms in total. The predicted molar refractivity (Wildman–Crippen MR) is 220 cm³/mol. The second-order valence-electron chi connectivity index (χ2n) is 16.1. The number of carbonyl (C=O) groups excluding carboxylic acids is 1. The summed E-state index contributed by atoms with van der Waals surface area (Å²) in [5, 5.41) is 19.4. The first-order valence-corrected chi connectivity index (χ1v) is 23.2. The van der Waals surface area contributed by atoms with E-state index in [1.807, 2.05) is 0 Å². The minimum Gasteiger partial charge on any atom is -0.492 e. The first-order chi connectivity index (χ1) is 29.4. The van der Waals surface area contributed by atoms with E-state index < -0.39 is 106 Å². The van der Waals surface area contributed by atoms with Gasteiger partial charge in [0.05, 0.1) is 28.2 Å². The van der Waals surface area contributed by atoms with Crippen LogP contribution < -0.4 is 9.74 Å². The molecule has 0 aliphatic carbocycles. The van der Waals surface area contributed by atoms with Gasteiger partial charge >= 0.3 is 5.97 Å². The van der Waals surface area contributed by atoms with Crippen LogP contribution in [0.1, 0.15) is 89.7 Å². The fourth-order valence-electron chi connectivity index (χ4n) is 8.24. The standard InChI is InChI=1S/C42H47F6N3O10S2/c1-41(2)29(49(28-25-26(43)24-27(44)34(28)41)20-10-5-8-16-33(54)61-51-31(52)17-18-32(51)53)14-6-4-7-15-30-42(3,19-9-12-22-62(55,56)57)35-36(45)37(46)38(47)39(48)40(35)50(30)21-11-13-23-63(58,59)60/h4,6-7,14-15,17-18,24-25H,5,8-13,16,19-23H2,1-3H3,(H3-,52,53,55,56,57,58,59,60)/p+1. The van der Waals surface area contributed by atoms with Gasteiger partial charge in [0, 0.05) is 66.4 Å². The number of anilines is 1. The van der Waals surface area contributed by atoms with E-state index in [1.165, 1.54) is 36.1 Å². The number of rotatable bonds is 20. The average molecular weight is 933 g/mol. The molecule has 1 atom stereocenters. The van der Waals surface area contributed by atoms with Crippen molar-refractivity contribution in [3.63, 3.8) is 0 Å². The second kappa shape index (κ2) is 19.3. The molecule has 21 heteroatoms. The first kappa shape index (κ1) is 48.9.